The van der Waals surface area contributed by atoms with Crippen LogP contribution in [0.3, 0.4) is 0 Å². The number of ether oxygens (including phenoxy) is 2. The van der Waals surface area contributed by atoms with Gasteiger partial charge in [0.15, 0.2) is 18.1 Å². The molecule has 0 bridgehead atoms. The average molecular weight is 349 g/mol. The molecule has 126 valence electrons. The minimum Gasteiger partial charge on any atom is -0.504 e. The molecule has 0 saturated heterocycles. The molecule has 1 amide bonds. The van der Waals surface area contributed by atoms with Crippen LogP contribution in [-0.4, -0.2) is 30.4 Å². The van der Waals surface area contributed by atoms with Crippen LogP contribution >= 0.6 is 11.6 Å². The fourth-order valence-corrected chi connectivity index (χ4v) is 1.99. The van der Waals surface area contributed by atoms with E-state index in [9.17, 15) is 9.90 Å². The van der Waals surface area contributed by atoms with Gasteiger partial charge in [-0.25, -0.2) is 5.43 Å². The highest BCUT2D eigenvalue weighted by molar-refractivity contribution is 6.32. The number of amides is 1. The molecule has 0 heterocycles. The maximum Gasteiger partial charge on any atom is 0.277 e. The van der Waals surface area contributed by atoms with Gasteiger partial charge < -0.3 is 14.6 Å². The topological polar surface area (TPSA) is 80.2 Å². The Kier molecular flexibility index (Phi) is 6.45. The molecule has 0 atom stereocenters. The molecule has 0 aliphatic carbocycles. The van der Waals surface area contributed by atoms with Crippen molar-refractivity contribution in [2.75, 3.05) is 13.2 Å². The summed E-state index contributed by atoms with van der Waals surface area (Å²) < 4.78 is 10.6. The molecule has 0 aliphatic heterocycles. The van der Waals surface area contributed by atoms with Gasteiger partial charge in [0, 0.05) is 0 Å². The fourth-order valence-electron chi connectivity index (χ4n) is 1.80. The first-order valence-electron chi connectivity index (χ1n) is 7.25. The fraction of sp³-hybridized carbons (Fsp3) is 0.176. The average Bonchev–Trinajstić information content (AvgIpc) is 2.57. The Hall–Kier alpha value is -2.73. The molecule has 0 fully saturated rings. The number of carbonyl (C=O) groups is 1. The Morgan fingerprint density at radius 3 is 2.79 bits per heavy atom. The van der Waals surface area contributed by atoms with Gasteiger partial charge in [-0.05, 0) is 42.8 Å². The van der Waals surface area contributed by atoms with Crippen molar-refractivity contribution in [3.05, 3.63) is 53.1 Å². The van der Waals surface area contributed by atoms with Crippen LogP contribution in [0.1, 0.15) is 12.5 Å². The number of halogens is 1. The quantitative estimate of drug-likeness (QED) is 0.595. The van der Waals surface area contributed by atoms with Gasteiger partial charge in [-0.2, -0.15) is 5.10 Å². The number of nitrogens with zero attached hydrogens (tertiary/aromatic N) is 1. The number of carbonyl (C=O) groups excluding carboxylic acids is 1. The summed E-state index contributed by atoms with van der Waals surface area (Å²) in [6, 6.07) is 11.6. The summed E-state index contributed by atoms with van der Waals surface area (Å²) in [4.78, 5) is 11.7. The van der Waals surface area contributed by atoms with E-state index in [4.69, 9.17) is 21.1 Å². The zero-order valence-corrected chi connectivity index (χ0v) is 13.8. The molecule has 2 aromatic rings. The van der Waals surface area contributed by atoms with Crippen LogP contribution in [0.2, 0.25) is 5.02 Å². The first kappa shape index (κ1) is 17.6. The van der Waals surface area contributed by atoms with E-state index < -0.39 is 5.91 Å². The molecule has 6 nitrogen and oxygen atoms in total. The third-order valence-electron chi connectivity index (χ3n) is 2.88. The molecular weight excluding hydrogens is 332 g/mol. The number of benzene rings is 2. The standard InChI is InChI=1S/C17H17ClN2O4/c1-2-23-16-9-12(7-8-14(16)21)10-19-20-17(22)11-24-15-6-4-3-5-13(15)18/h3-10,21H,2,11H2,1H3,(H,20,22). The highest BCUT2D eigenvalue weighted by Gasteiger charge is 2.05. The summed E-state index contributed by atoms with van der Waals surface area (Å²) >= 11 is 5.93. The third-order valence-corrected chi connectivity index (χ3v) is 3.19. The zero-order valence-electron chi connectivity index (χ0n) is 13.0. The summed E-state index contributed by atoms with van der Waals surface area (Å²) in [5.41, 5.74) is 3.02. The number of phenolic OH excluding ortho intramolecular Hbond substituents is 1. The number of aromatic hydroxyl groups is 1. The van der Waals surface area contributed by atoms with Gasteiger partial charge in [-0.3, -0.25) is 4.79 Å². The Balaban J connectivity index is 1.86. The van der Waals surface area contributed by atoms with Crippen LogP contribution in [0.25, 0.3) is 0 Å². The molecule has 0 spiro atoms. The molecule has 24 heavy (non-hydrogen) atoms. The van der Waals surface area contributed by atoms with Crippen molar-refractivity contribution in [2.24, 2.45) is 5.10 Å². The van der Waals surface area contributed by atoms with E-state index in [1.54, 1.807) is 36.4 Å². The number of rotatable bonds is 7. The van der Waals surface area contributed by atoms with Gasteiger partial charge in [0.25, 0.3) is 5.91 Å². The lowest BCUT2D eigenvalue weighted by atomic mass is 10.2. The molecule has 0 aliphatic rings. The van der Waals surface area contributed by atoms with Crippen molar-refractivity contribution in [2.45, 2.75) is 6.92 Å². The molecule has 2 N–H and O–H groups in total. The van der Waals surface area contributed by atoms with Gasteiger partial charge in [-0.1, -0.05) is 23.7 Å². The number of hydrogen-bond donors (Lipinski definition) is 2. The molecule has 2 rings (SSSR count). The molecule has 0 aromatic heterocycles. The normalized spacial score (nSPS) is 10.6. The van der Waals surface area contributed by atoms with Crippen molar-refractivity contribution in [1.82, 2.24) is 5.43 Å². The summed E-state index contributed by atoms with van der Waals surface area (Å²) in [6.45, 7) is 2.05. The number of hydrogen-bond acceptors (Lipinski definition) is 5. The van der Waals surface area contributed by atoms with Crippen molar-refractivity contribution >= 4 is 23.7 Å². The number of nitrogens with one attached hydrogen (secondary N) is 1. The van der Waals surface area contributed by atoms with Crippen LogP contribution in [0, 0.1) is 0 Å². The Morgan fingerprint density at radius 2 is 2.04 bits per heavy atom. The highest BCUT2D eigenvalue weighted by Crippen LogP contribution is 2.26. The first-order valence-corrected chi connectivity index (χ1v) is 7.63. The number of hydrazone groups is 1. The second kappa shape index (κ2) is 8.79. The van der Waals surface area contributed by atoms with E-state index in [2.05, 4.69) is 10.5 Å². The maximum atomic E-state index is 11.7. The van der Waals surface area contributed by atoms with Crippen LogP contribution in [-0.2, 0) is 4.79 Å². The SMILES string of the molecule is CCOc1cc(C=NNC(=O)COc2ccccc2Cl)ccc1O. The van der Waals surface area contributed by atoms with E-state index in [1.807, 2.05) is 6.92 Å². The van der Waals surface area contributed by atoms with Crippen LogP contribution in [0.4, 0.5) is 0 Å². The lowest BCUT2D eigenvalue weighted by molar-refractivity contribution is -0.123. The maximum absolute atomic E-state index is 11.7. The zero-order chi connectivity index (χ0) is 17.4. The minimum atomic E-state index is -0.421. The van der Waals surface area contributed by atoms with Gasteiger partial charge in [0.1, 0.15) is 5.75 Å². The smallest absolute Gasteiger partial charge is 0.277 e. The molecule has 0 saturated carbocycles. The molecule has 0 radical (unpaired) electrons. The largest absolute Gasteiger partial charge is 0.504 e. The van der Waals surface area contributed by atoms with Gasteiger partial charge in [0.05, 0.1) is 17.8 Å². The molecule has 2 aromatic carbocycles. The Labute approximate surface area is 144 Å². The lowest BCUT2D eigenvalue weighted by Gasteiger charge is -2.07. The van der Waals surface area contributed by atoms with Crippen molar-refractivity contribution in [3.63, 3.8) is 0 Å². The van der Waals surface area contributed by atoms with Gasteiger partial charge in [-0.15, -0.1) is 0 Å². The van der Waals surface area contributed by atoms with Crippen LogP contribution in [0.15, 0.2) is 47.6 Å². The summed E-state index contributed by atoms with van der Waals surface area (Å²) in [6.07, 6.45) is 1.44. The van der Waals surface area contributed by atoms with Crippen molar-refractivity contribution in [1.29, 1.82) is 0 Å². The van der Waals surface area contributed by atoms with Crippen LogP contribution in [0.5, 0.6) is 17.2 Å². The van der Waals surface area contributed by atoms with Gasteiger partial charge in [0.2, 0.25) is 0 Å². The summed E-state index contributed by atoms with van der Waals surface area (Å²) in [5.74, 6) is 0.411. The van der Waals surface area contributed by atoms with Gasteiger partial charge >= 0.3 is 0 Å². The van der Waals surface area contributed by atoms with Crippen molar-refractivity contribution in [3.8, 4) is 17.2 Å². The summed E-state index contributed by atoms with van der Waals surface area (Å²) in [5, 5.41) is 13.9. The lowest BCUT2D eigenvalue weighted by Crippen LogP contribution is -2.24. The van der Waals surface area contributed by atoms with E-state index in [0.29, 0.717) is 28.7 Å². The second-order valence-electron chi connectivity index (χ2n) is 4.67. The molecule has 7 heteroatoms. The predicted molar refractivity (Wildman–Crippen MR) is 92.0 cm³/mol. The second-order valence-corrected chi connectivity index (χ2v) is 5.08. The molecule has 0 unspecified atom stereocenters. The number of phenols is 1. The van der Waals surface area contributed by atoms with Crippen molar-refractivity contribution < 1.29 is 19.4 Å². The van der Waals surface area contributed by atoms with E-state index in [1.165, 1.54) is 12.3 Å². The van der Waals surface area contributed by atoms with E-state index >= 15 is 0 Å². The van der Waals surface area contributed by atoms with E-state index in [0.717, 1.165) is 0 Å². The third kappa shape index (κ3) is 5.17. The first-order chi connectivity index (χ1) is 11.6. The highest BCUT2D eigenvalue weighted by atomic mass is 35.5. The Bertz CT molecular complexity index is 734. The monoisotopic (exact) mass is 348 g/mol. The minimum absolute atomic E-state index is 0.0474. The Morgan fingerprint density at radius 1 is 1.25 bits per heavy atom. The number of para-hydroxylation sites is 1. The van der Waals surface area contributed by atoms with E-state index in [-0.39, 0.29) is 12.4 Å². The molecular formula is C17H17ClN2O4. The summed E-state index contributed by atoms with van der Waals surface area (Å²) in [7, 11) is 0. The van der Waals surface area contributed by atoms with Crippen LogP contribution < -0.4 is 14.9 Å². The predicted octanol–water partition coefficient (Wildman–Crippen LogP) is 2.97.